The molecular weight excluding hydrogens is 954 g/mol. The SMILES string of the molecule is Cc1cc2c3c(c1)N(c1ccc4c(c1)C(C)(C)c1ccccc1-4)c1cc(C(C)(C)C)ccc1B3c1ccc(N(c3ccc(C(C)(C)C)cc3)c3c(C)cc(C(C)(C)C)cc3C)cc1N2c1ccc2c(c1)C(C)(C)c1ccccc1-2. The first kappa shape index (κ1) is 50.9. The quantitative estimate of drug-likeness (QED) is 0.159. The first-order valence-electron chi connectivity index (χ1n) is 28.9. The van der Waals surface area contributed by atoms with Crippen LogP contribution in [0.2, 0.25) is 0 Å². The maximum absolute atomic E-state index is 2.64. The molecule has 394 valence electrons. The molecule has 0 fully saturated rings. The number of hydrogen-bond donors (Lipinski definition) is 0. The van der Waals surface area contributed by atoms with E-state index in [-0.39, 0.29) is 33.8 Å². The Bertz CT molecular complexity index is 3990. The van der Waals surface area contributed by atoms with Crippen molar-refractivity contribution < 1.29 is 0 Å². The first-order chi connectivity index (χ1) is 37.3. The van der Waals surface area contributed by atoms with Crippen LogP contribution in [0.5, 0.6) is 0 Å². The van der Waals surface area contributed by atoms with Gasteiger partial charge in [-0.15, -0.1) is 0 Å². The molecular formula is C75H76BN3. The number of anilines is 9. The second-order valence-electron chi connectivity index (χ2n) is 27.7. The molecule has 0 aromatic heterocycles. The molecule has 4 aliphatic rings. The molecule has 0 amide bonds. The fourth-order valence-electron chi connectivity index (χ4n) is 14.2. The van der Waals surface area contributed by atoms with Crippen LogP contribution >= 0.6 is 0 Å². The van der Waals surface area contributed by atoms with Gasteiger partial charge in [-0.2, -0.15) is 0 Å². The zero-order chi connectivity index (χ0) is 55.6. The zero-order valence-corrected chi connectivity index (χ0v) is 49.6. The van der Waals surface area contributed by atoms with Crippen LogP contribution in [0.1, 0.15) is 146 Å². The van der Waals surface area contributed by atoms with Gasteiger partial charge in [0.05, 0.1) is 5.69 Å². The summed E-state index contributed by atoms with van der Waals surface area (Å²) >= 11 is 0. The predicted octanol–water partition coefficient (Wildman–Crippen LogP) is 18.7. The molecule has 0 N–H and O–H groups in total. The van der Waals surface area contributed by atoms with Crippen molar-refractivity contribution >= 4 is 74.3 Å². The fourth-order valence-corrected chi connectivity index (χ4v) is 14.2. The largest absolute Gasteiger partial charge is 0.311 e. The van der Waals surface area contributed by atoms with E-state index in [1.807, 2.05) is 0 Å². The third-order valence-corrected chi connectivity index (χ3v) is 18.5. The summed E-state index contributed by atoms with van der Waals surface area (Å²) < 4.78 is 0. The van der Waals surface area contributed by atoms with Gasteiger partial charge in [0.25, 0.3) is 6.71 Å². The highest BCUT2D eigenvalue weighted by atomic mass is 15.2. The van der Waals surface area contributed by atoms with Gasteiger partial charge in [0, 0.05) is 56.3 Å². The van der Waals surface area contributed by atoms with E-state index < -0.39 is 0 Å². The molecule has 0 atom stereocenters. The van der Waals surface area contributed by atoms with Crippen molar-refractivity contribution in [3.63, 3.8) is 0 Å². The number of rotatable bonds is 5. The van der Waals surface area contributed by atoms with Gasteiger partial charge >= 0.3 is 0 Å². The molecule has 2 heterocycles. The van der Waals surface area contributed by atoms with Crippen LogP contribution in [0.3, 0.4) is 0 Å². The van der Waals surface area contributed by atoms with Gasteiger partial charge in [-0.1, -0.05) is 193 Å². The number of fused-ring (bicyclic) bond motifs is 10. The maximum Gasteiger partial charge on any atom is 0.252 e. The average Bonchev–Trinajstić information content (AvgIpc) is 3.77. The summed E-state index contributed by atoms with van der Waals surface area (Å²) in [5, 5.41) is 0. The summed E-state index contributed by atoms with van der Waals surface area (Å²) in [5.41, 5.74) is 33.0. The van der Waals surface area contributed by atoms with Crippen LogP contribution in [-0.2, 0) is 27.1 Å². The van der Waals surface area contributed by atoms with Crippen LogP contribution in [0, 0.1) is 20.8 Å². The van der Waals surface area contributed by atoms with Crippen LogP contribution < -0.4 is 31.1 Å². The second kappa shape index (κ2) is 17.2. The molecule has 4 heteroatoms. The van der Waals surface area contributed by atoms with Crippen molar-refractivity contribution in [2.75, 3.05) is 14.7 Å². The Hall–Kier alpha value is -7.56. The molecule has 0 spiro atoms. The molecule has 0 bridgehead atoms. The standard InChI is InChI=1S/C75H76BN3/c1-45-37-67-69-68(38-45)79(53-31-34-58-56-22-18-20-24-60(56)75(15,16)62(58)43-53)66-44-54(77(51-28-25-48(26-29-51)71(4,5)6)70-46(2)39-50(40-47(70)3)73(10,11)12)32-36-64(66)76(69)63-35-27-49(72(7,8)9)41-65(63)78(67)52-30-33-57-55-21-17-19-23-59(55)74(13,14)61(57)42-52/h17-44H,1-16H3. The normalized spacial score (nSPS) is 15.2. The summed E-state index contributed by atoms with van der Waals surface area (Å²) in [4.78, 5) is 7.81. The minimum Gasteiger partial charge on any atom is -0.311 e. The molecule has 0 unspecified atom stereocenters. The topological polar surface area (TPSA) is 9.72 Å². The number of aryl methyl sites for hydroxylation is 3. The van der Waals surface area contributed by atoms with Gasteiger partial charge in [0.15, 0.2) is 0 Å². The Morgan fingerprint density at radius 2 is 0.810 bits per heavy atom. The summed E-state index contributed by atoms with van der Waals surface area (Å²) in [5.74, 6) is 0. The van der Waals surface area contributed by atoms with E-state index in [9.17, 15) is 0 Å². The van der Waals surface area contributed by atoms with Crippen LogP contribution in [0.15, 0.2) is 170 Å². The number of hydrogen-bond acceptors (Lipinski definition) is 3. The van der Waals surface area contributed by atoms with Crippen LogP contribution in [0.25, 0.3) is 22.3 Å². The van der Waals surface area contributed by atoms with Crippen LogP contribution in [0.4, 0.5) is 51.2 Å². The summed E-state index contributed by atoms with van der Waals surface area (Å²) in [6.45, 7) is 37.4. The molecule has 9 aromatic carbocycles. The molecule has 79 heavy (non-hydrogen) atoms. The molecule has 2 aliphatic heterocycles. The van der Waals surface area contributed by atoms with E-state index in [2.05, 4.69) is 295 Å². The maximum atomic E-state index is 2.64. The second-order valence-corrected chi connectivity index (χ2v) is 27.7. The number of nitrogens with zero attached hydrogens (tertiary/aromatic N) is 3. The Morgan fingerprint density at radius 3 is 1.30 bits per heavy atom. The lowest BCUT2D eigenvalue weighted by atomic mass is 9.33. The Labute approximate surface area is 472 Å². The molecule has 2 aliphatic carbocycles. The van der Waals surface area contributed by atoms with E-state index in [4.69, 9.17) is 0 Å². The molecule has 3 nitrogen and oxygen atoms in total. The summed E-state index contributed by atoms with van der Waals surface area (Å²) in [6.07, 6.45) is 0. The van der Waals surface area contributed by atoms with E-state index >= 15 is 0 Å². The van der Waals surface area contributed by atoms with Crippen molar-refractivity contribution in [3.8, 4) is 22.3 Å². The van der Waals surface area contributed by atoms with Crippen molar-refractivity contribution in [1.82, 2.24) is 0 Å². The molecule has 0 saturated carbocycles. The Morgan fingerprint density at radius 1 is 0.380 bits per heavy atom. The van der Waals surface area contributed by atoms with Crippen molar-refractivity contribution in [2.45, 2.75) is 138 Å². The Kier molecular flexibility index (Phi) is 11.1. The predicted molar refractivity (Wildman–Crippen MR) is 341 cm³/mol. The Balaban J connectivity index is 1.09. The monoisotopic (exact) mass is 1030 g/mol. The van der Waals surface area contributed by atoms with Crippen molar-refractivity contribution in [2.24, 2.45) is 0 Å². The summed E-state index contributed by atoms with van der Waals surface area (Å²) in [6, 6.07) is 66.7. The van der Waals surface area contributed by atoms with E-state index in [1.165, 1.54) is 134 Å². The van der Waals surface area contributed by atoms with Gasteiger partial charge < -0.3 is 14.7 Å². The van der Waals surface area contributed by atoms with Gasteiger partial charge in [-0.25, -0.2) is 0 Å². The smallest absolute Gasteiger partial charge is 0.252 e. The zero-order valence-electron chi connectivity index (χ0n) is 49.6. The highest BCUT2D eigenvalue weighted by molar-refractivity contribution is 7.00. The van der Waals surface area contributed by atoms with Crippen molar-refractivity contribution in [3.05, 3.63) is 225 Å². The highest BCUT2D eigenvalue weighted by Crippen LogP contribution is 2.55. The third kappa shape index (κ3) is 7.74. The minimum atomic E-state index is -0.178. The minimum absolute atomic E-state index is 0.0121. The molecule has 13 rings (SSSR count). The van der Waals surface area contributed by atoms with Crippen LogP contribution in [-0.4, -0.2) is 6.71 Å². The van der Waals surface area contributed by atoms with Gasteiger partial charge in [0.2, 0.25) is 0 Å². The van der Waals surface area contributed by atoms with E-state index in [0.717, 1.165) is 11.4 Å². The average molecular weight is 1030 g/mol. The first-order valence-corrected chi connectivity index (χ1v) is 28.9. The number of benzene rings is 9. The summed E-state index contributed by atoms with van der Waals surface area (Å²) in [7, 11) is 0. The van der Waals surface area contributed by atoms with E-state index in [0.29, 0.717) is 0 Å². The lowest BCUT2D eigenvalue weighted by Gasteiger charge is -2.45. The van der Waals surface area contributed by atoms with Gasteiger partial charge in [-0.05, 0) is 198 Å². The molecule has 0 saturated heterocycles. The molecule has 0 radical (unpaired) electrons. The van der Waals surface area contributed by atoms with E-state index in [1.54, 1.807) is 0 Å². The van der Waals surface area contributed by atoms with Gasteiger partial charge in [0.1, 0.15) is 0 Å². The third-order valence-electron chi connectivity index (χ3n) is 18.5. The van der Waals surface area contributed by atoms with Crippen molar-refractivity contribution in [1.29, 1.82) is 0 Å². The van der Waals surface area contributed by atoms with Gasteiger partial charge in [-0.3, -0.25) is 0 Å². The highest BCUT2D eigenvalue weighted by Gasteiger charge is 2.46. The lowest BCUT2D eigenvalue weighted by Crippen LogP contribution is -2.61. The molecule has 9 aromatic rings. The lowest BCUT2D eigenvalue weighted by molar-refractivity contribution is 0.589. The fraction of sp³-hybridized carbons (Fsp3) is 0.280.